The van der Waals surface area contributed by atoms with Crippen LogP contribution in [-0.4, -0.2) is 41.3 Å². The quantitative estimate of drug-likeness (QED) is 0.399. The standard InChI is InChI=1S/C28H37N3O3/c1-20(2)22-14-13-21(3)19-26(22)34-18-8-16-31-24-10-5-4-9-23(24)30-27(31)12-6-15-29-28(32)25-11-7-17-33-25/h4-5,9-10,13-14,19-20,25H,6-8,11-12,15-18H2,1-3H3,(H,29,32). The largest absolute Gasteiger partial charge is 0.493 e. The lowest BCUT2D eigenvalue weighted by atomic mass is 10.0. The highest BCUT2D eigenvalue weighted by molar-refractivity contribution is 5.80. The highest BCUT2D eigenvalue weighted by Gasteiger charge is 2.23. The van der Waals surface area contributed by atoms with Gasteiger partial charge >= 0.3 is 0 Å². The van der Waals surface area contributed by atoms with Crippen LogP contribution in [0.15, 0.2) is 42.5 Å². The highest BCUT2D eigenvalue weighted by Crippen LogP contribution is 2.27. The molecule has 3 aromatic rings. The summed E-state index contributed by atoms with van der Waals surface area (Å²) in [5.41, 5.74) is 4.64. The summed E-state index contributed by atoms with van der Waals surface area (Å²) < 4.78 is 14.0. The molecule has 1 unspecified atom stereocenters. The smallest absolute Gasteiger partial charge is 0.249 e. The molecule has 182 valence electrons. The first-order valence-corrected chi connectivity index (χ1v) is 12.6. The molecule has 1 atom stereocenters. The summed E-state index contributed by atoms with van der Waals surface area (Å²) in [7, 11) is 0. The number of rotatable bonds is 11. The number of para-hydroxylation sites is 2. The Morgan fingerprint density at radius 3 is 2.88 bits per heavy atom. The molecule has 0 bridgehead atoms. The number of nitrogens with zero attached hydrogens (tertiary/aromatic N) is 2. The van der Waals surface area contributed by atoms with Crippen LogP contribution >= 0.6 is 0 Å². The van der Waals surface area contributed by atoms with Gasteiger partial charge in [-0.3, -0.25) is 4.79 Å². The SMILES string of the molecule is Cc1ccc(C(C)C)c(OCCCn2c(CCCNC(=O)C3CCCO3)nc3ccccc32)c1. The first-order chi connectivity index (χ1) is 16.5. The number of benzene rings is 2. The number of hydrogen-bond acceptors (Lipinski definition) is 4. The highest BCUT2D eigenvalue weighted by atomic mass is 16.5. The van der Waals surface area contributed by atoms with Crippen LogP contribution in [0.25, 0.3) is 11.0 Å². The maximum absolute atomic E-state index is 12.2. The molecule has 1 fully saturated rings. The number of aromatic nitrogens is 2. The number of imidazole rings is 1. The topological polar surface area (TPSA) is 65.4 Å². The van der Waals surface area contributed by atoms with Crippen LogP contribution in [-0.2, 0) is 22.5 Å². The van der Waals surface area contributed by atoms with Gasteiger partial charge in [0.15, 0.2) is 0 Å². The van der Waals surface area contributed by atoms with Gasteiger partial charge in [0, 0.05) is 26.1 Å². The van der Waals surface area contributed by atoms with Gasteiger partial charge in [-0.25, -0.2) is 4.98 Å². The van der Waals surface area contributed by atoms with Crippen LogP contribution in [0.3, 0.4) is 0 Å². The van der Waals surface area contributed by atoms with Crippen LogP contribution < -0.4 is 10.1 Å². The third kappa shape index (κ3) is 5.98. The Balaban J connectivity index is 1.34. The summed E-state index contributed by atoms with van der Waals surface area (Å²) in [4.78, 5) is 17.0. The predicted molar refractivity (Wildman–Crippen MR) is 135 cm³/mol. The average Bonchev–Trinajstić information content (AvgIpc) is 3.48. The molecule has 0 saturated carbocycles. The summed E-state index contributed by atoms with van der Waals surface area (Å²) in [5, 5.41) is 3.02. The van der Waals surface area contributed by atoms with Crippen LogP contribution in [0, 0.1) is 6.92 Å². The van der Waals surface area contributed by atoms with E-state index in [0.29, 0.717) is 25.7 Å². The fourth-order valence-corrected chi connectivity index (χ4v) is 4.57. The van der Waals surface area contributed by atoms with Gasteiger partial charge in [0.2, 0.25) is 5.91 Å². The van der Waals surface area contributed by atoms with E-state index in [2.05, 4.69) is 67.1 Å². The van der Waals surface area contributed by atoms with Gasteiger partial charge < -0.3 is 19.4 Å². The van der Waals surface area contributed by atoms with Gasteiger partial charge in [0.25, 0.3) is 0 Å². The number of aryl methyl sites for hydroxylation is 3. The van der Waals surface area contributed by atoms with E-state index in [4.69, 9.17) is 14.5 Å². The Morgan fingerprint density at radius 2 is 2.09 bits per heavy atom. The number of carbonyl (C=O) groups excluding carboxylic acids is 1. The minimum Gasteiger partial charge on any atom is -0.493 e. The number of fused-ring (bicyclic) bond motifs is 1. The Labute approximate surface area is 202 Å². The Bertz CT molecular complexity index is 1100. The molecule has 1 amide bonds. The number of amides is 1. The Kier molecular flexibility index (Phi) is 8.22. The molecule has 1 aliphatic rings. The van der Waals surface area contributed by atoms with Crippen LogP contribution in [0.2, 0.25) is 0 Å². The molecular formula is C28H37N3O3. The third-order valence-electron chi connectivity index (χ3n) is 6.41. The Hall–Kier alpha value is -2.86. The van der Waals surface area contributed by atoms with Crippen molar-refractivity contribution < 1.29 is 14.3 Å². The van der Waals surface area contributed by atoms with E-state index in [9.17, 15) is 4.79 Å². The monoisotopic (exact) mass is 463 g/mol. The van der Waals surface area contributed by atoms with E-state index in [0.717, 1.165) is 61.3 Å². The van der Waals surface area contributed by atoms with Gasteiger partial charge in [0.05, 0.1) is 17.6 Å². The van der Waals surface area contributed by atoms with E-state index in [-0.39, 0.29) is 12.0 Å². The van der Waals surface area contributed by atoms with E-state index < -0.39 is 0 Å². The average molecular weight is 464 g/mol. The van der Waals surface area contributed by atoms with Crippen molar-refractivity contribution in [1.82, 2.24) is 14.9 Å². The molecule has 1 aromatic heterocycles. The lowest BCUT2D eigenvalue weighted by Gasteiger charge is -2.15. The van der Waals surface area contributed by atoms with Gasteiger partial charge in [-0.05, 0) is 67.9 Å². The molecule has 1 aliphatic heterocycles. The first-order valence-electron chi connectivity index (χ1n) is 12.6. The lowest BCUT2D eigenvalue weighted by molar-refractivity contribution is -0.130. The van der Waals surface area contributed by atoms with Crippen molar-refractivity contribution in [3.63, 3.8) is 0 Å². The molecule has 4 rings (SSSR count). The Morgan fingerprint density at radius 1 is 1.24 bits per heavy atom. The lowest BCUT2D eigenvalue weighted by Crippen LogP contribution is -2.34. The van der Waals surface area contributed by atoms with Gasteiger partial charge in [-0.2, -0.15) is 0 Å². The summed E-state index contributed by atoms with van der Waals surface area (Å²) in [6, 6.07) is 14.7. The van der Waals surface area contributed by atoms with Gasteiger partial charge in [-0.15, -0.1) is 0 Å². The van der Waals surface area contributed by atoms with E-state index >= 15 is 0 Å². The van der Waals surface area contributed by atoms with E-state index in [1.54, 1.807) is 0 Å². The van der Waals surface area contributed by atoms with Crippen LogP contribution in [0.1, 0.15) is 62.4 Å². The fraction of sp³-hybridized carbons (Fsp3) is 0.500. The summed E-state index contributed by atoms with van der Waals surface area (Å²) in [5.74, 6) is 2.50. The molecule has 0 radical (unpaired) electrons. The molecule has 1 saturated heterocycles. The molecule has 6 nitrogen and oxygen atoms in total. The summed E-state index contributed by atoms with van der Waals surface area (Å²) in [6.07, 6.45) is 4.08. The van der Waals surface area contributed by atoms with Crippen molar-refractivity contribution in [2.24, 2.45) is 0 Å². The molecular weight excluding hydrogens is 426 g/mol. The zero-order valence-corrected chi connectivity index (χ0v) is 20.7. The van der Waals surface area contributed by atoms with Crippen molar-refractivity contribution in [3.8, 4) is 5.75 Å². The second kappa shape index (κ2) is 11.5. The molecule has 0 spiro atoms. The third-order valence-corrected chi connectivity index (χ3v) is 6.41. The van der Waals surface area contributed by atoms with Gasteiger partial charge in [0.1, 0.15) is 17.7 Å². The fourth-order valence-electron chi connectivity index (χ4n) is 4.57. The first kappa shape index (κ1) is 24.3. The van der Waals surface area contributed by atoms with Crippen molar-refractivity contribution in [1.29, 1.82) is 0 Å². The minimum atomic E-state index is -0.269. The number of hydrogen-bond donors (Lipinski definition) is 1. The molecule has 2 heterocycles. The van der Waals surface area contributed by atoms with Crippen molar-refractivity contribution in [2.75, 3.05) is 19.8 Å². The summed E-state index contributed by atoms with van der Waals surface area (Å²) >= 11 is 0. The molecule has 34 heavy (non-hydrogen) atoms. The zero-order valence-electron chi connectivity index (χ0n) is 20.7. The number of carbonyl (C=O) groups is 1. The van der Waals surface area contributed by atoms with E-state index in [1.807, 2.05) is 6.07 Å². The number of ether oxygens (including phenoxy) is 2. The molecule has 0 aliphatic carbocycles. The molecule has 2 aromatic carbocycles. The summed E-state index contributed by atoms with van der Waals surface area (Å²) in [6.45, 7) is 9.33. The second-order valence-electron chi connectivity index (χ2n) is 9.46. The van der Waals surface area contributed by atoms with Crippen molar-refractivity contribution >= 4 is 16.9 Å². The minimum absolute atomic E-state index is 0.0140. The van der Waals surface area contributed by atoms with Crippen molar-refractivity contribution in [3.05, 3.63) is 59.4 Å². The predicted octanol–water partition coefficient (Wildman–Crippen LogP) is 5.17. The van der Waals surface area contributed by atoms with Crippen LogP contribution in [0.5, 0.6) is 5.75 Å². The number of nitrogens with one attached hydrogen (secondary N) is 1. The van der Waals surface area contributed by atoms with E-state index in [1.165, 1.54) is 11.1 Å². The normalized spacial score (nSPS) is 15.8. The van der Waals surface area contributed by atoms with Gasteiger partial charge in [-0.1, -0.05) is 38.1 Å². The zero-order chi connectivity index (χ0) is 23.9. The maximum Gasteiger partial charge on any atom is 0.249 e. The molecule has 6 heteroatoms. The second-order valence-corrected chi connectivity index (χ2v) is 9.46. The van der Waals surface area contributed by atoms with Crippen LogP contribution in [0.4, 0.5) is 0 Å². The van der Waals surface area contributed by atoms with Crippen molar-refractivity contribution in [2.45, 2.75) is 71.4 Å². The molecule has 1 N–H and O–H groups in total. The maximum atomic E-state index is 12.2.